The van der Waals surface area contributed by atoms with Crippen LogP contribution in [0.4, 0.5) is 0 Å². The molecule has 0 aliphatic carbocycles. The van der Waals surface area contributed by atoms with Gasteiger partial charge >= 0.3 is 0 Å². The third kappa shape index (κ3) is 4.81. The van der Waals surface area contributed by atoms with Crippen molar-refractivity contribution in [3.05, 3.63) is 0 Å². The molecule has 0 spiro atoms. The summed E-state index contributed by atoms with van der Waals surface area (Å²) in [5.41, 5.74) is -0.131. The number of sulfone groups is 1. The molecule has 6 nitrogen and oxygen atoms in total. The Hall–Kier alpha value is -0.370. The lowest BCUT2D eigenvalue weighted by atomic mass is 9.88. The van der Waals surface area contributed by atoms with Crippen LogP contribution in [0.2, 0.25) is 0 Å². The summed E-state index contributed by atoms with van der Waals surface area (Å²) in [6, 6.07) is 0. The lowest BCUT2D eigenvalue weighted by Gasteiger charge is -2.36. The van der Waals surface area contributed by atoms with Crippen molar-refractivity contribution in [3.63, 3.8) is 0 Å². The number of nitrogens with one attached hydrogen (secondary N) is 2. The van der Waals surface area contributed by atoms with Crippen LogP contribution in [-0.4, -0.2) is 58.2 Å². The molecule has 0 radical (unpaired) electrons. The van der Waals surface area contributed by atoms with Crippen molar-refractivity contribution in [3.8, 4) is 0 Å². The Bertz CT molecular complexity index is 468. The van der Waals surface area contributed by atoms with E-state index in [9.17, 15) is 13.2 Å². The zero-order chi connectivity index (χ0) is 16.3. The van der Waals surface area contributed by atoms with Crippen LogP contribution < -0.4 is 10.6 Å². The molecule has 0 aromatic rings. The van der Waals surface area contributed by atoms with Gasteiger partial charge in [-0.3, -0.25) is 4.79 Å². The van der Waals surface area contributed by atoms with E-state index >= 15 is 0 Å². The Kier molecular flexibility index (Phi) is 7.81. The minimum atomic E-state index is -3.47. The molecule has 0 aromatic heterocycles. The van der Waals surface area contributed by atoms with Gasteiger partial charge in [0.15, 0.2) is 14.6 Å². The molecule has 1 aliphatic heterocycles. The zero-order valence-electron chi connectivity index (χ0n) is 14.1. The Morgan fingerprint density at radius 2 is 1.82 bits per heavy atom. The van der Waals surface area contributed by atoms with E-state index in [1.807, 2.05) is 20.8 Å². The van der Waals surface area contributed by atoms with Gasteiger partial charge in [-0.25, -0.2) is 8.42 Å². The van der Waals surface area contributed by atoms with E-state index in [2.05, 4.69) is 10.6 Å². The van der Waals surface area contributed by atoms with E-state index in [-0.39, 0.29) is 23.9 Å². The normalized spacial score (nSPS) is 19.9. The number of carbonyl (C=O) groups excluding carboxylic acids is 1. The van der Waals surface area contributed by atoms with Crippen molar-refractivity contribution < 1.29 is 17.9 Å². The molecule has 1 amide bonds. The highest BCUT2D eigenvalue weighted by atomic mass is 35.5. The summed E-state index contributed by atoms with van der Waals surface area (Å²) < 4.78 is 28.4. The van der Waals surface area contributed by atoms with Gasteiger partial charge in [0.05, 0.1) is 6.10 Å². The van der Waals surface area contributed by atoms with E-state index in [1.54, 1.807) is 7.11 Å². The third-order valence-corrected chi connectivity index (χ3v) is 6.25. The minimum absolute atomic E-state index is 0. The van der Waals surface area contributed by atoms with Gasteiger partial charge in [-0.2, -0.15) is 0 Å². The summed E-state index contributed by atoms with van der Waals surface area (Å²) in [5.74, 6) is -0.405. The van der Waals surface area contributed by atoms with Crippen molar-refractivity contribution in [2.45, 2.75) is 44.5 Å². The predicted molar refractivity (Wildman–Crippen MR) is 90.2 cm³/mol. The van der Waals surface area contributed by atoms with Gasteiger partial charge in [-0.05, 0) is 31.3 Å². The Morgan fingerprint density at radius 3 is 2.18 bits per heavy atom. The highest BCUT2D eigenvalue weighted by molar-refractivity contribution is 7.92. The van der Waals surface area contributed by atoms with Gasteiger partial charge in [0.2, 0.25) is 5.91 Å². The van der Waals surface area contributed by atoms with Crippen molar-refractivity contribution in [1.82, 2.24) is 10.6 Å². The van der Waals surface area contributed by atoms with Crippen molar-refractivity contribution in [1.29, 1.82) is 0 Å². The molecule has 8 heteroatoms. The molecule has 2 N–H and O–H groups in total. The van der Waals surface area contributed by atoms with E-state index in [0.717, 1.165) is 6.26 Å². The highest BCUT2D eigenvalue weighted by Crippen LogP contribution is 2.28. The molecule has 1 saturated heterocycles. The first-order chi connectivity index (χ1) is 9.54. The van der Waals surface area contributed by atoms with Gasteiger partial charge in [-0.15, -0.1) is 12.4 Å². The van der Waals surface area contributed by atoms with E-state index in [0.29, 0.717) is 32.5 Å². The molecule has 1 atom stereocenters. The van der Waals surface area contributed by atoms with Gasteiger partial charge in [0.25, 0.3) is 0 Å². The fourth-order valence-corrected chi connectivity index (χ4v) is 4.04. The molecule has 1 rings (SSSR count). The quantitative estimate of drug-likeness (QED) is 0.759. The second-order valence-electron chi connectivity index (χ2n) is 6.82. The van der Waals surface area contributed by atoms with Crippen molar-refractivity contribution in [2.75, 3.05) is 33.0 Å². The number of amides is 1. The molecule has 132 valence electrons. The van der Waals surface area contributed by atoms with Crippen LogP contribution in [-0.2, 0) is 19.4 Å². The van der Waals surface area contributed by atoms with Gasteiger partial charge in [-0.1, -0.05) is 20.8 Å². The molecule has 0 bridgehead atoms. The number of ether oxygens (including phenoxy) is 1. The Balaban J connectivity index is 0.00000441. The lowest BCUT2D eigenvalue weighted by Crippen LogP contribution is -2.58. The van der Waals surface area contributed by atoms with Gasteiger partial charge < -0.3 is 15.4 Å². The van der Waals surface area contributed by atoms with Crippen molar-refractivity contribution >= 4 is 28.2 Å². The smallest absolute Gasteiger partial charge is 0.241 e. The second-order valence-corrected chi connectivity index (χ2v) is 9.14. The topological polar surface area (TPSA) is 84.5 Å². The van der Waals surface area contributed by atoms with Gasteiger partial charge in [0, 0.05) is 19.9 Å². The summed E-state index contributed by atoms with van der Waals surface area (Å²) in [7, 11) is -1.87. The summed E-state index contributed by atoms with van der Waals surface area (Å²) in [5, 5.41) is 5.88. The third-order valence-electron chi connectivity index (χ3n) is 4.23. The lowest BCUT2D eigenvalue weighted by molar-refractivity contribution is -0.125. The van der Waals surface area contributed by atoms with Crippen LogP contribution in [0.15, 0.2) is 0 Å². The van der Waals surface area contributed by atoms with Crippen molar-refractivity contribution in [2.24, 2.45) is 5.41 Å². The Labute approximate surface area is 140 Å². The van der Waals surface area contributed by atoms with Crippen LogP contribution in [0.25, 0.3) is 0 Å². The zero-order valence-corrected chi connectivity index (χ0v) is 15.7. The van der Waals surface area contributed by atoms with E-state index in [4.69, 9.17) is 4.74 Å². The maximum atomic E-state index is 12.5. The molecule has 1 fully saturated rings. The number of rotatable bonds is 5. The van der Waals surface area contributed by atoms with E-state index < -0.39 is 20.5 Å². The first kappa shape index (κ1) is 21.6. The minimum Gasteiger partial charge on any atom is -0.379 e. The summed E-state index contributed by atoms with van der Waals surface area (Å²) >= 11 is 0. The number of piperidine rings is 1. The average Bonchev–Trinajstić information content (AvgIpc) is 2.37. The molecule has 1 aliphatic rings. The fraction of sp³-hybridized carbons (Fsp3) is 0.929. The van der Waals surface area contributed by atoms with Crippen LogP contribution in [0.5, 0.6) is 0 Å². The maximum Gasteiger partial charge on any atom is 0.241 e. The summed E-state index contributed by atoms with van der Waals surface area (Å²) in [6.07, 6.45) is 1.60. The number of carbonyl (C=O) groups is 1. The largest absolute Gasteiger partial charge is 0.379 e. The second kappa shape index (κ2) is 7.95. The fourth-order valence-electron chi connectivity index (χ4n) is 2.69. The standard InChI is InChI=1S/C14H28N2O4S.ClH/c1-13(2,3)11(20-4)10-16-12(17)14(21(5,18)19)6-8-15-9-7-14;/h11,15H,6-10H2,1-5H3,(H,16,17);1H. The number of methoxy groups -OCH3 is 1. The van der Waals surface area contributed by atoms with Crippen LogP contribution >= 0.6 is 12.4 Å². The molecular weight excluding hydrogens is 328 g/mol. The molecule has 0 aromatic carbocycles. The van der Waals surface area contributed by atoms with Crippen LogP contribution in [0, 0.1) is 5.41 Å². The first-order valence-corrected chi connectivity index (χ1v) is 9.15. The summed E-state index contributed by atoms with van der Waals surface area (Å²) in [4.78, 5) is 12.5. The molecule has 1 heterocycles. The summed E-state index contributed by atoms with van der Waals surface area (Å²) in [6.45, 7) is 7.43. The van der Waals surface area contributed by atoms with Crippen LogP contribution in [0.1, 0.15) is 33.6 Å². The van der Waals surface area contributed by atoms with E-state index in [1.165, 1.54) is 0 Å². The molecule has 0 saturated carbocycles. The predicted octanol–water partition coefficient (Wildman–Crippen LogP) is 0.752. The monoisotopic (exact) mass is 356 g/mol. The molecular formula is C14H29ClN2O4S. The Morgan fingerprint density at radius 1 is 1.32 bits per heavy atom. The number of halogens is 1. The SMILES string of the molecule is COC(CNC(=O)C1(S(C)(=O)=O)CCNCC1)C(C)(C)C.Cl. The first-order valence-electron chi connectivity index (χ1n) is 7.26. The number of hydrogen-bond acceptors (Lipinski definition) is 5. The molecule has 1 unspecified atom stereocenters. The maximum absolute atomic E-state index is 12.5. The van der Waals surface area contributed by atoms with Crippen LogP contribution in [0.3, 0.4) is 0 Å². The molecule has 22 heavy (non-hydrogen) atoms. The average molecular weight is 357 g/mol. The van der Waals surface area contributed by atoms with Gasteiger partial charge in [0.1, 0.15) is 0 Å². The number of hydrogen-bond donors (Lipinski definition) is 2. The highest BCUT2D eigenvalue weighted by Gasteiger charge is 2.48.